The van der Waals surface area contributed by atoms with Crippen LogP contribution in [-0.4, -0.2) is 22.5 Å². The molecular formula is C15H19NO3S. The Hall–Kier alpha value is -1.62. The normalized spacial score (nSPS) is 26.6. The van der Waals surface area contributed by atoms with E-state index < -0.39 is 11.5 Å². The first kappa shape index (κ1) is 14.8. The molecule has 2 N–H and O–H groups in total. The smallest absolute Gasteiger partial charge is 0.329 e. The van der Waals surface area contributed by atoms with E-state index in [1.807, 2.05) is 17.5 Å². The van der Waals surface area contributed by atoms with Crippen LogP contribution in [0, 0.1) is 5.92 Å². The summed E-state index contributed by atoms with van der Waals surface area (Å²) in [6, 6.07) is 3.81. The zero-order valence-electron chi connectivity index (χ0n) is 11.5. The molecule has 2 rings (SSSR count). The van der Waals surface area contributed by atoms with Gasteiger partial charge in [0.1, 0.15) is 5.54 Å². The lowest BCUT2D eigenvalue weighted by atomic mass is 9.77. The second kappa shape index (κ2) is 6.22. The van der Waals surface area contributed by atoms with E-state index in [0.717, 1.165) is 17.7 Å². The molecule has 1 heterocycles. The van der Waals surface area contributed by atoms with Crippen molar-refractivity contribution in [3.8, 4) is 0 Å². The quantitative estimate of drug-likeness (QED) is 0.839. The van der Waals surface area contributed by atoms with Crippen molar-refractivity contribution in [2.75, 3.05) is 0 Å². The number of carbonyl (C=O) groups is 2. The summed E-state index contributed by atoms with van der Waals surface area (Å²) in [6.07, 6.45) is 5.79. The van der Waals surface area contributed by atoms with Crippen LogP contribution in [0.4, 0.5) is 0 Å². The van der Waals surface area contributed by atoms with Gasteiger partial charge in [0, 0.05) is 11.0 Å². The highest BCUT2D eigenvalue weighted by atomic mass is 32.1. The first-order valence-electron chi connectivity index (χ1n) is 6.79. The molecule has 108 valence electrons. The second-order valence-electron chi connectivity index (χ2n) is 5.41. The maximum absolute atomic E-state index is 11.9. The fourth-order valence-corrected chi connectivity index (χ4v) is 3.09. The number of carbonyl (C=O) groups excluding carboxylic acids is 1. The van der Waals surface area contributed by atoms with Gasteiger partial charge in [0.2, 0.25) is 5.91 Å². The van der Waals surface area contributed by atoms with E-state index in [-0.39, 0.29) is 5.91 Å². The molecule has 5 heteroatoms. The van der Waals surface area contributed by atoms with Gasteiger partial charge in [-0.25, -0.2) is 4.79 Å². The first-order valence-corrected chi connectivity index (χ1v) is 7.67. The van der Waals surface area contributed by atoms with Crippen molar-refractivity contribution < 1.29 is 14.7 Å². The molecule has 1 amide bonds. The van der Waals surface area contributed by atoms with E-state index in [9.17, 15) is 14.7 Å². The summed E-state index contributed by atoms with van der Waals surface area (Å²) in [5.41, 5.74) is -1.09. The maximum Gasteiger partial charge on any atom is 0.329 e. The Morgan fingerprint density at radius 3 is 2.70 bits per heavy atom. The molecule has 0 aliphatic heterocycles. The van der Waals surface area contributed by atoms with Gasteiger partial charge in [-0.2, -0.15) is 0 Å². The molecule has 1 fully saturated rings. The van der Waals surface area contributed by atoms with E-state index >= 15 is 0 Å². The van der Waals surface area contributed by atoms with Gasteiger partial charge in [-0.1, -0.05) is 13.0 Å². The highest BCUT2D eigenvalue weighted by Gasteiger charge is 2.42. The van der Waals surface area contributed by atoms with Crippen LogP contribution < -0.4 is 5.32 Å². The predicted molar refractivity (Wildman–Crippen MR) is 79.5 cm³/mol. The lowest BCUT2D eigenvalue weighted by Crippen LogP contribution is -2.55. The molecule has 1 saturated carbocycles. The maximum atomic E-state index is 11.9. The fraction of sp³-hybridized carbons (Fsp3) is 0.467. The number of hydrogen-bond acceptors (Lipinski definition) is 3. The lowest BCUT2D eigenvalue weighted by molar-refractivity contribution is -0.149. The number of nitrogens with one attached hydrogen (secondary N) is 1. The molecule has 1 aliphatic carbocycles. The molecule has 0 radical (unpaired) electrons. The number of amides is 1. The van der Waals surface area contributed by atoms with Crippen molar-refractivity contribution >= 4 is 29.3 Å². The van der Waals surface area contributed by atoms with Gasteiger partial charge in [-0.15, -0.1) is 11.3 Å². The SMILES string of the molecule is CC1CCC(NC(=O)/C=C/c2cccs2)(C(=O)O)CC1. The average Bonchev–Trinajstić information content (AvgIpc) is 2.92. The van der Waals surface area contributed by atoms with Crippen LogP contribution in [0.15, 0.2) is 23.6 Å². The van der Waals surface area contributed by atoms with Gasteiger partial charge < -0.3 is 10.4 Å². The van der Waals surface area contributed by atoms with Gasteiger partial charge in [0.15, 0.2) is 0 Å². The van der Waals surface area contributed by atoms with Crippen LogP contribution >= 0.6 is 11.3 Å². The Morgan fingerprint density at radius 2 is 2.15 bits per heavy atom. The Morgan fingerprint density at radius 1 is 1.45 bits per heavy atom. The summed E-state index contributed by atoms with van der Waals surface area (Å²) in [6.45, 7) is 2.12. The summed E-state index contributed by atoms with van der Waals surface area (Å²) < 4.78 is 0. The van der Waals surface area contributed by atoms with Crippen LogP contribution in [-0.2, 0) is 9.59 Å². The van der Waals surface area contributed by atoms with Crippen LogP contribution in [0.2, 0.25) is 0 Å². The highest BCUT2D eigenvalue weighted by Crippen LogP contribution is 2.32. The summed E-state index contributed by atoms with van der Waals surface area (Å²) in [5.74, 6) is -0.737. The molecule has 0 unspecified atom stereocenters. The number of carboxylic acids is 1. The standard InChI is InChI=1S/C15H19NO3S/c1-11-6-8-15(9-7-11,14(18)19)16-13(17)5-4-12-3-2-10-20-12/h2-5,10-11H,6-9H2,1H3,(H,16,17)(H,18,19)/b5-4+. The first-order chi connectivity index (χ1) is 9.52. The van der Waals surface area contributed by atoms with Crippen molar-refractivity contribution in [3.05, 3.63) is 28.5 Å². The Labute approximate surface area is 122 Å². The molecule has 0 saturated heterocycles. The number of thiophene rings is 1. The van der Waals surface area contributed by atoms with Crippen molar-refractivity contribution in [1.82, 2.24) is 5.32 Å². The Bertz CT molecular complexity index is 499. The highest BCUT2D eigenvalue weighted by molar-refractivity contribution is 7.10. The molecule has 0 bridgehead atoms. The molecular weight excluding hydrogens is 274 g/mol. The van der Waals surface area contributed by atoms with E-state index in [0.29, 0.717) is 18.8 Å². The third-order valence-electron chi connectivity index (χ3n) is 3.84. The molecule has 1 aromatic heterocycles. The molecule has 0 aromatic carbocycles. The van der Waals surface area contributed by atoms with Gasteiger partial charge in [-0.05, 0) is 49.1 Å². The van der Waals surface area contributed by atoms with Crippen molar-refractivity contribution in [3.63, 3.8) is 0 Å². The minimum absolute atomic E-state index is 0.338. The van der Waals surface area contributed by atoms with Crippen molar-refractivity contribution in [2.24, 2.45) is 5.92 Å². The summed E-state index contributed by atoms with van der Waals surface area (Å²) in [5, 5.41) is 14.1. The molecule has 4 nitrogen and oxygen atoms in total. The lowest BCUT2D eigenvalue weighted by Gasteiger charge is -2.36. The largest absolute Gasteiger partial charge is 0.480 e. The zero-order chi connectivity index (χ0) is 14.6. The van der Waals surface area contributed by atoms with Gasteiger partial charge in [0.05, 0.1) is 0 Å². The number of carboxylic acid groups (broad SMARTS) is 1. The van der Waals surface area contributed by atoms with Crippen molar-refractivity contribution in [2.45, 2.75) is 38.1 Å². The Kier molecular flexibility index (Phi) is 4.60. The minimum atomic E-state index is -1.09. The Balaban J connectivity index is 2.01. The van der Waals surface area contributed by atoms with Crippen LogP contribution in [0.1, 0.15) is 37.5 Å². The van der Waals surface area contributed by atoms with E-state index in [4.69, 9.17) is 0 Å². The predicted octanol–water partition coefficient (Wildman–Crippen LogP) is 2.91. The topological polar surface area (TPSA) is 66.4 Å². The number of rotatable bonds is 4. The molecule has 0 spiro atoms. The monoisotopic (exact) mass is 293 g/mol. The van der Waals surface area contributed by atoms with Crippen LogP contribution in [0.5, 0.6) is 0 Å². The van der Waals surface area contributed by atoms with E-state index in [1.165, 1.54) is 17.4 Å². The van der Waals surface area contributed by atoms with Gasteiger partial charge in [-0.3, -0.25) is 4.79 Å². The van der Waals surface area contributed by atoms with E-state index in [1.54, 1.807) is 6.08 Å². The van der Waals surface area contributed by atoms with Crippen LogP contribution in [0.3, 0.4) is 0 Å². The van der Waals surface area contributed by atoms with E-state index in [2.05, 4.69) is 12.2 Å². The summed E-state index contributed by atoms with van der Waals surface area (Å²) in [7, 11) is 0. The fourth-order valence-electron chi connectivity index (χ4n) is 2.47. The minimum Gasteiger partial charge on any atom is -0.480 e. The third kappa shape index (κ3) is 3.48. The van der Waals surface area contributed by atoms with Gasteiger partial charge in [0.25, 0.3) is 0 Å². The molecule has 1 aromatic rings. The van der Waals surface area contributed by atoms with Crippen LogP contribution in [0.25, 0.3) is 6.08 Å². The second-order valence-corrected chi connectivity index (χ2v) is 6.39. The van der Waals surface area contributed by atoms with Crippen molar-refractivity contribution in [1.29, 1.82) is 0 Å². The zero-order valence-corrected chi connectivity index (χ0v) is 12.3. The number of hydrogen-bond donors (Lipinski definition) is 2. The third-order valence-corrected chi connectivity index (χ3v) is 4.68. The summed E-state index contributed by atoms with van der Waals surface area (Å²) in [4.78, 5) is 24.4. The molecule has 1 aliphatic rings. The number of aliphatic carboxylic acids is 1. The molecule has 20 heavy (non-hydrogen) atoms. The molecule has 0 atom stereocenters. The van der Waals surface area contributed by atoms with Gasteiger partial charge >= 0.3 is 5.97 Å². The summed E-state index contributed by atoms with van der Waals surface area (Å²) >= 11 is 1.53. The average molecular weight is 293 g/mol.